The first kappa shape index (κ1) is 19.0. The molecule has 1 aromatic rings. The zero-order valence-electron chi connectivity index (χ0n) is 15.0. The van der Waals surface area contributed by atoms with Crippen LogP contribution in [0.15, 0.2) is 24.3 Å². The summed E-state index contributed by atoms with van der Waals surface area (Å²) in [6, 6.07) is 6.89. The van der Waals surface area contributed by atoms with Crippen molar-refractivity contribution >= 4 is 23.6 Å². The van der Waals surface area contributed by atoms with Crippen LogP contribution in [-0.4, -0.2) is 46.2 Å². The molecular formula is C19H25ClN2O4. The smallest absolute Gasteiger partial charge is 0.404 e. The number of hydrogen-bond donors (Lipinski definition) is 3. The highest BCUT2D eigenvalue weighted by Crippen LogP contribution is 2.46. The highest BCUT2D eigenvalue weighted by Gasteiger charge is 2.51. The summed E-state index contributed by atoms with van der Waals surface area (Å²) in [6.45, 7) is 4.77. The van der Waals surface area contributed by atoms with Gasteiger partial charge in [-0.05, 0) is 37.0 Å². The van der Waals surface area contributed by atoms with Crippen molar-refractivity contribution in [2.45, 2.75) is 44.8 Å². The fourth-order valence-corrected chi connectivity index (χ4v) is 4.26. The summed E-state index contributed by atoms with van der Waals surface area (Å²) in [7, 11) is 0. The molecule has 1 aliphatic heterocycles. The highest BCUT2D eigenvalue weighted by molar-refractivity contribution is 6.30. The van der Waals surface area contributed by atoms with E-state index in [0.717, 1.165) is 5.56 Å². The zero-order valence-corrected chi connectivity index (χ0v) is 15.8. The van der Waals surface area contributed by atoms with Gasteiger partial charge in [-0.25, -0.2) is 4.79 Å². The van der Waals surface area contributed by atoms with E-state index in [0.29, 0.717) is 37.4 Å². The van der Waals surface area contributed by atoms with Crippen LogP contribution in [0.2, 0.25) is 5.02 Å². The molecule has 2 fully saturated rings. The lowest BCUT2D eigenvalue weighted by Crippen LogP contribution is -2.60. The van der Waals surface area contributed by atoms with E-state index >= 15 is 0 Å². The number of carboxylic acid groups (broad SMARTS) is 1. The van der Waals surface area contributed by atoms with Crippen LogP contribution in [0.1, 0.15) is 38.7 Å². The molecule has 6 nitrogen and oxygen atoms in total. The van der Waals surface area contributed by atoms with Crippen LogP contribution in [0.4, 0.5) is 4.79 Å². The van der Waals surface area contributed by atoms with Crippen LogP contribution < -0.4 is 5.32 Å². The third kappa shape index (κ3) is 3.28. The molecule has 1 aromatic carbocycles. The van der Waals surface area contributed by atoms with Crippen LogP contribution in [0, 0.1) is 11.3 Å². The number of aliphatic hydroxyl groups is 1. The highest BCUT2D eigenvalue weighted by atomic mass is 35.5. The van der Waals surface area contributed by atoms with Crippen molar-refractivity contribution in [2.75, 3.05) is 13.1 Å². The SMILES string of the molecule is CC1(C)CN(C(=O)C2CCC2NC(=O)O)CCC1(O)c1ccc(Cl)cc1. The first-order valence-corrected chi connectivity index (χ1v) is 9.28. The summed E-state index contributed by atoms with van der Waals surface area (Å²) in [5, 5.41) is 23.3. The minimum Gasteiger partial charge on any atom is -0.465 e. The maximum Gasteiger partial charge on any atom is 0.404 e. The Labute approximate surface area is 158 Å². The third-order valence-corrected chi connectivity index (χ3v) is 6.24. The molecule has 3 N–H and O–H groups in total. The van der Waals surface area contributed by atoms with Crippen molar-refractivity contribution in [3.05, 3.63) is 34.9 Å². The maximum atomic E-state index is 12.8. The maximum absolute atomic E-state index is 12.8. The number of likely N-dealkylation sites (tertiary alicyclic amines) is 1. The minimum atomic E-state index is -1.09. The predicted octanol–water partition coefficient (Wildman–Crippen LogP) is 2.83. The van der Waals surface area contributed by atoms with Crippen LogP contribution >= 0.6 is 11.6 Å². The van der Waals surface area contributed by atoms with E-state index in [1.807, 2.05) is 26.0 Å². The van der Waals surface area contributed by atoms with Crippen molar-refractivity contribution in [1.29, 1.82) is 0 Å². The summed E-state index contributed by atoms with van der Waals surface area (Å²) in [6.07, 6.45) is 0.720. The number of piperidine rings is 1. The Morgan fingerprint density at radius 2 is 1.88 bits per heavy atom. The van der Waals surface area contributed by atoms with Gasteiger partial charge >= 0.3 is 6.09 Å². The Kier molecular flexibility index (Phi) is 4.92. The van der Waals surface area contributed by atoms with E-state index in [1.54, 1.807) is 17.0 Å². The van der Waals surface area contributed by atoms with E-state index in [9.17, 15) is 14.7 Å². The van der Waals surface area contributed by atoms with Crippen molar-refractivity contribution in [3.63, 3.8) is 0 Å². The van der Waals surface area contributed by atoms with Gasteiger partial charge < -0.3 is 20.4 Å². The Bertz CT molecular complexity index is 706. The molecule has 0 radical (unpaired) electrons. The zero-order chi connectivity index (χ0) is 19.1. The van der Waals surface area contributed by atoms with Gasteiger partial charge in [0.2, 0.25) is 5.91 Å². The van der Waals surface area contributed by atoms with Gasteiger partial charge in [0.05, 0.1) is 11.5 Å². The fourth-order valence-electron chi connectivity index (χ4n) is 4.13. The standard InChI is InChI=1S/C19H25ClN2O4/c1-18(2)11-22(16(23)14-7-8-15(14)21-17(24)25)10-9-19(18,26)12-3-5-13(20)6-4-12/h3-6,14-15,21,26H,7-11H2,1-2H3,(H,24,25). The molecule has 26 heavy (non-hydrogen) atoms. The average Bonchev–Trinajstić information content (AvgIpc) is 2.54. The number of halogens is 1. The molecule has 2 amide bonds. The van der Waals surface area contributed by atoms with E-state index in [4.69, 9.17) is 16.7 Å². The van der Waals surface area contributed by atoms with Crippen LogP contribution in [0.3, 0.4) is 0 Å². The van der Waals surface area contributed by atoms with Gasteiger partial charge in [0, 0.05) is 29.6 Å². The molecule has 1 saturated heterocycles. The minimum absolute atomic E-state index is 0.0266. The van der Waals surface area contributed by atoms with Crippen LogP contribution in [0.5, 0.6) is 0 Å². The molecule has 1 aliphatic carbocycles. The molecule has 0 aromatic heterocycles. The monoisotopic (exact) mass is 380 g/mol. The van der Waals surface area contributed by atoms with Gasteiger partial charge in [0.15, 0.2) is 0 Å². The second kappa shape index (κ2) is 6.74. The number of benzene rings is 1. The van der Waals surface area contributed by atoms with Gasteiger partial charge in [0.1, 0.15) is 0 Å². The van der Waals surface area contributed by atoms with Crippen molar-refractivity contribution < 1.29 is 19.8 Å². The number of nitrogens with zero attached hydrogens (tertiary/aromatic N) is 1. The number of nitrogens with one attached hydrogen (secondary N) is 1. The summed E-state index contributed by atoms with van der Waals surface area (Å²) in [5.41, 5.74) is -0.797. The molecule has 2 aliphatic rings. The first-order chi connectivity index (χ1) is 12.1. The van der Waals surface area contributed by atoms with E-state index in [-0.39, 0.29) is 17.9 Å². The van der Waals surface area contributed by atoms with Gasteiger partial charge in [0.25, 0.3) is 0 Å². The molecule has 0 spiro atoms. The number of amides is 2. The lowest BCUT2D eigenvalue weighted by atomic mass is 9.66. The number of carbonyl (C=O) groups is 2. The first-order valence-electron chi connectivity index (χ1n) is 8.91. The normalized spacial score (nSPS) is 30.4. The van der Waals surface area contributed by atoms with Crippen molar-refractivity contribution in [2.24, 2.45) is 11.3 Å². The molecule has 3 atom stereocenters. The average molecular weight is 381 g/mol. The molecule has 1 heterocycles. The quantitative estimate of drug-likeness (QED) is 0.752. The summed E-state index contributed by atoms with van der Waals surface area (Å²) < 4.78 is 0. The lowest BCUT2D eigenvalue weighted by molar-refractivity contribution is -0.159. The summed E-state index contributed by atoms with van der Waals surface area (Å²) in [5.74, 6) is -0.329. The predicted molar refractivity (Wildman–Crippen MR) is 98.0 cm³/mol. The molecule has 142 valence electrons. The van der Waals surface area contributed by atoms with Crippen LogP contribution in [-0.2, 0) is 10.4 Å². The van der Waals surface area contributed by atoms with Gasteiger partial charge in [-0.2, -0.15) is 0 Å². The second-order valence-electron chi connectivity index (χ2n) is 8.00. The Morgan fingerprint density at radius 1 is 1.23 bits per heavy atom. The Morgan fingerprint density at radius 3 is 2.38 bits per heavy atom. The number of carbonyl (C=O) groups excluding carboxylic acids is 1. The second-order valence-corrected chi connectivity index (χ2v) is 8.44. The van der Waals surface area contributed by atoms with E-state index < -0.39 is 17.1 Å². The number of rotatable bonds is 3. The van der Waals surface area contributed by atoms with E-state index in [2.05, 4.69) is 5.32 Å². The van der Waals surface area contributed by atoms with Gasteiger partial charge in [-0.15, -0.1) is 0 Å². The van der Waals surface area contributed by atoms with Crippen molar-refractivity contribution in [3.8, 4) is 0 Å². The van der Waals surface area contributed by atoms with Gasteiger partial charge in [-0.1, -0.05) is 37.6 Å². The molecule has 1 saturated carbocycles. The lowest BCUT2D eigenvalue weighted by Gasteiger charge is -2.52. The van der Waals surface area contributed by atoms with E-state index in [1.165, 1.54) is 0 Å². The molecule has 7 heteroatoms. The molecule has 0 bridgehead atoms. The van der Waals surface area contributed by atoms with Gasteiger partial charge in [-0.3, -0.25) is 4.79 Å². The topological polar surface area (TPSA) is 89.9 Å². The summed E-state index contributed by atoms with van der Waals surface area (Å²) in [4.78, 5) is 25.5. The molecular weight excluding hydrogens is 356 g/mol. The largest absolute Gasteiger partial charge is 0.465 e. The fraction of sp³-hybridized carbons (Fsp3) is 0.579. The van der Waals surface area contributed by atoms with Crippen molar-refractivity contribution in [1.82, 2.24) is 10.2 Å². The Balaban J connectivity index is 1.73. The molecule has 3 unspecified atom stereocenters. The summed E-state index contributed by atoms with van der Waals surface area (Å²) >= 11 is 5.96. The van der Waals surface area contributed by atoms with Crippen LogP contribution in [0.25, 0.3) is 0 Å². The third-order valence-electron chi connectivity index (χ3n) is 5.98. The Hall–Kier alpha value is -1.79. The number of hydrogen-bond acceptors (Lipinski definition) is 3. The molecule has 3 rings (SSSR count).